The molecule has 0 spiro atoms. The second kappa shape index (κ2) is 6.03. The Morgan fingerprint density at radius 2 is 1.95 bits per heavy atom. The number of hydrogen-bond acceptors (Lipinski definition) is 5. The van der Waals surface area contributed by atoms with Gasteiger partial charge in [-0.05, 0) is 49.7 Å². The molecule has 1 aliphatic heterocycles. The molecule has 4 nitrogen and oxygen atoms in total. The molecule has 0 N–H and O–H groups in total. The Labute approximate surface area is 138 Å². The fourth-order valence-electron chi connectivity index (χ4n) is 2.17. The molecule has 1 aliphatic rings. The van der Waals surface area contributed by atoms with Gasteiger partial charge in [-0.1, -0.05) is 0 Å². The molecule has 1 atom stereocenters. The molecule has 0 aromatic carbocycles. The molecule has 1 fully saturated rings. The molecule has 1 aromatic rings. The van der Waals surface area contributed by atoms with E-state index < -0.39 is 18.3 Å². The topological polar surface area (TPSA) is 44.8 Å². The average Bonchev–Trinajstić information content (AvgIpc) is 2.88. The highest BCUT2D eigenvalue weighted by Gasteiger charge is 2.54. The maximum atomic E-state index is 11.7. The van der Waals surface area contributed by atoms with Crippen molar-refractivity contribution in [1.82, 2.24) is 0 Å². The SMILES string of the molecule is COC(=O)CC(B1OC(C)(C)C(C)(C)O1)c1cc(Br)cs1. The molecule has 0 amide bonds. The van der Waals surface area contributed by atoms with Crippen LogP contribution in [0.4, 0.5) is 0 Å². The Balaban J connectivity index is 2.27. The Morgan fingerprint density at radius 3 is 2.38 bits per heavy atom. The predicted molar refractivity (Wildman–Crippen MR) is 87.5 cm³/mol. The quantitative estimate of drug-likeness (QED) is 0.594. The van der Waals surface area contributed by atoms with Gasteiger partial charge in [-0.25, -0.2) is 0 Å². The molecule has 2 heterocycles. The number of esters is 1. The summed E-state index contributed by atoms with van der Waals surface area (Å²) in [5.41, 5.74) is -0.832. The Bertz CT molecular complexity index is 513. The third-order valence-electron chi connectivity index (χ3n) is 4.17. The van der Waals surface area contributed by atoms with Gasteiger partial charge in [-0.2, -0.15) is 0 Å². The third kappa shape index (κ3) is 3.52. The van der Waals surface area contributed by atoms with Gasteiger partial charge in [0.15, 0.2) is 0 Å². The molecular weight excluding hydrogens is 355 g/mol. The zero-order valence-corrected chi connectivity index (χ0v) is 15.3. The van der Waals surface area contributed by atoms with E-state index in [4.69, 9.17) is 14.0 Å². The number of thiophene rings is 1. The zero-order valence-electron chi connectivity index (χ0n) is 12.9. The standard InChI is InChI=1S/C14H20BBrO4S/c1-13(2)14(3,4)20-15(19-13)10(7-12(17)18-5)11-6-9(16)8-21-11/h6,8,10H,7H2,1-5H3. The summed E-state index contributed by atoms with van der Waals surface area (Å²) in [6, 6.07) is 2.00. The minimum Gasteiger partial charge on any atom is -0.469 e. The molecule has 21 heavy (non-hydrogen) atoms. The summed E-state index contributed by atoms with van der Waals surface area (Å²) in [5, 5.41) is 1.99. The minimum absolute atomic E-state index is 0.171. The molecule has 0 bridgehead atoms. The van der Waals surface area contributed by atoms with Crippen LogP contribution in [0.25, 0.3) is 0 Å². The summed E-state index contributed by atoms with van der Waals surface area (Å²) in [5.74, 6) is -0.436. The highest BCUT2D eigenvalue weighted by molar-refractivity contribution is 9.10. The minimum atomic E-state index is -0.459. The van der Waals surface area contributed by atoms with Gasteiger partial charge in [0.05, 0.1) is 24.7 Å². The van der Waals surface area contributed by atoms with Crippen molar-refractivity contribution in [1.29, 1.82) is 0 Å². The van der Waals surface area contributed by atoms with Gasteiger partial charge in [-0.15, -0.1) is 11.3 Å². The van der Waals surface area contributed by atoms with Crippen LogP contribution in [0.15, 0.2) is 15.9 Å². The third-order valence-corrected chi connectivity index (χ3v) is 5.99. The first kappa shape index (κ1) is 17.0. The van der Waals surface area contributed by atoms with E-state index in [0.29, 0.717) is 0 Å². The molecule has 2 rings (SSSR count). The lowest BCUT2D eigenvalue weighted by molar-refractivity contribution is -0.140. The van der Waals surface area contributed by atoms with Crippen molar-refractivity contribution in [3.63, 3.8) is 0 Å². The van der Waals surface area contributed by atoms with Crippen LogP contribution in [-0.2, 0) is 18.8 Å². The average molecular weight is 375 g/mol. The lowest BCUT2D eigenvalue weighted by Crippen LogP contribution is -2.41. The van der Waals surface area contributed by atoms with Crippen LogP contribution in [-0.4, -0.2) is 31.4 Å². The summed E-state index contributed by atoms with van der Waals surface area (Å²) < 4.78 is 18.0. The first-order valence-corrected chi connectivity index (χ1v) is 8.50. The number of carbonyl (C=O) groups is 1. The molecule has 0 aliphatic carbocycles. The maximum absolute atomic E-state index is 11.7. The molecule has 0 saturated carbocycles. The number of halogens is 1. The number of hydrogen-bond donors (Lipinski definition) is 0. The van der Waals surface area contributed by atoms with Crippen molar-refractivity contribution in [2.75, 3.05) is 7.11 Å². The maximum Gasteiger partial charge on any atom is 0.467 e. The van der Waals surface area contributed by atoms with E-state index in [0.717, 1.165) is 9.35 Å². The molecular formula is C14H20BBrO4S. The lowest BCUT2D eigenvalue weighted by atomic mass is 9.69. The summed E-state index contributed by atoms with van der Waals surface area (Å²) in [7, 11) is 0.938. The number of methoxy groups -OCH3 is 1. The van der Waals surface area contributed by atoms with Crippen LogP contribution in [0.3, 0.4) is 0 Å². The summed E-state index contributed by atoms with van der Waals surface area (Å²) in [6.07, 6.45) is 0.236. The van der Waals surface area contributed by atoms with Crippen LogP contribution < -0.4 is 0 Å². The Kier molecular flexibility index (Phi) is 4.88. The molecule has 0 radical (unpaired) electrons. The van der Waals surface area contributed by atoms with Crippen LogP contribution in [0.1, 0.15) is 44.8 Å². The smallest absolute Gasteiger partial charge is 0.467 e. The first-order valence-electron chi connectivity index (χ1n) is 6.82. The number of ether oxygens (including phenoxy) is 1. The zero-order chi connectivity index (χ0) is 15.8. The van der Waals surface area contributed by atoms with E-state index in [-0.39, 0.29) is 18.2 Å². The predicted octanol–water partition coefficient (Wildman–Crippen LogP) is 3.79. The first-order chi connectivity index (χ1) is 9.66. The number of rotatable bonds is 4. The van der Waals surface area contributed by atoms with E-state index in [1.54, 1.807) is 11.3 Å². The van der Waals surface area contributed by atoms with Gasteiger partial charge < -0.3 is 14.0 Å². The monoisotopic (exact) mass is 374 g/mol. The van der Waals surface area contributed by atoms with E-state index in [2.05, 4.69) is 15.9 Å². The second-order valence-corrected chi connectivity index (χ2v) is 8.04. The summed E-state index contributed by atoms with van der Waals surface area (Å²) in [4.78, 5) is 12.8. The second-order valence-electron chi connectivity index (χ2n) is 6.18. The lowest BCUT2D eigenvalue weighted by Gasteiger charge is -2.32. The van der Waals surface area contributed by atoms with Crippen LogP contribution in [0, 0.1) is 0 Å². The van der Waals surface area contributed by atoms with Gasteiger partial charge >= 0.3 is 13.1 Å². The van der Waals surface area contributed by atoms with Gasteiger partial charge in [0.25, 0.3) is 0 Å². The van der Waals surface area contributed by atoms with E-state index >= 15 is 0 Å². The fraction of sp³-hybridized carbons (Fsp3) is 0.643. The van der Waals surface area contributed by atoms with Crippen molar-refractivity contribution < 1.29 is 18.8 Å². The van der Waals surface area contributed by atoms with Gasteiger partial charge in [0.2, 0.25) is 0 Å². The Morgan fingerprint density at radius 1 is 1.38 bits per heavy atom. The van der Waals surface area contributed by atoms with Crippen LogP contribution in [0.5, 0.6) is 0 Å². The van der Waals surface area contributed by atoms with Crippen molar-refractivity contribution in [3.05, 3.63) is 20.8 Å². The molecule has 116 valence electrons. The Hall–Kier alpha value is -0.365. The molecule has 1 aromatic heterocycles. The largest absolute Gasteiger partial charge is 0.469 e. The van der Waals surface area contributed by atoms with E-state index in [1.165, 1.54) is 7.11 Å². The van der Waals surface area contributed by atoms with Gasteiger partial charge in [0, 0.05) is 20.5 Å². The normalized spacial score (nSPS) is 21.3. The molecule has 7 heteroatoms. The summed E-state index contributed by atoms with van der Waals surface area (Å²) >= 11 is 5.03. The van der Waals surface area contributed by atoms with Crippen molar-refractivity contribution in [2.45, 2.75) is 51.1 Å². The fourth-order valence-corrected chi connectivity index (χ4v) is 3.73. The van der Waals surface area contributed by atoms with Gasteiger partial charge in [0.1, 0.15) is 0 Å². The molecule has 1 saturated heterocycles. The van der Waals surface area contributed by atoms with Crippen LogP contribution in [0.2, 0.25) is 0 Å². The highest BCUT2D eigenvalue weighted by atomic mass is 79.9. The van der Waals surface area contributed by atoms with Crippen LogP contribution >= 0.6 is 27.3 Å². The highest BCUT2D eigenvalue weighted by Crippen LogP contribution is 2.43. The van der Waals surface area contributed by atoms with E-state index in [1.807, 2.05) is 39.1 Å². The number of carbonyl (C=O) groups excluding carboxylic acids is 1. The summed E-state index contributed by atoms with van der Waals surface area (Å²) in [6.45, 7) is 8.03. The van der Waals surface area contributed by atoms with Crippen molar-refractivity contribution in [3.8, 4) is 0 Å². The van der Waals surface area contributed by atoms with Gasteiger partial charge in [-0.3, -0.25) is 4.79 Å². The van der Waals surface area contributed by atoms with Crippen molar-refractivity contribution >= 4 is 40.4 Å². The van der Waals surface area contributed by atoms with E-state index in [9.17, 15) is 4.79 Å². The molecule has 1 unspecified atom stereocenters. The van der Waals surface area contributed by atoms with Crippen molar-refractivity contribution in [2.24, 2.45) is 0 Å².